The maximum absolute atomic E-state index is 7.08. The summed E-state index contributed by atoms with van der Waals surface area (Å²) in [5.41, 5.74) is 13.6. The molecule has 0 spiro atoms. The summed E-state index contributed by atoms with van der Waals surface area (Å²) in [6, 6.07) is 52.0. The van der Waals surface area contributed by atoms with Crippen molar-refractivity contribution in [3.8, 4) is 50.9 Å². The van der Waals surface area contributed by atoms with Crippen molar-refractivity contribution in [1.29, 1.82) is 0 Å². The van der Waals surface area contributed by atoms with Gasteiger partial charge in [-0.15, -0.1) is 0 Å². The Hall–Kier alpha value is -6.26. The van der Waals surface area contributed by atoms with Gasteiger partial charge in [-0.2, -0.15) is 0 Å². The maximum atomic E-state index is 7.08. The van der Waals surface area contributed by atoms with Crippen LogP contribution in [0.2, 0.25) is 0 Å². The topological polar surface area (TPSA) is 26.6 Å². The first-order valence-corrected chi connectivity index (χ1v) is 16.9. The van der Waals surface area contributed by atoms with Crippen LogP contribution in [0.15, 0.2) is 146 Å². The number of para-hydroxylation sites is 3. The lowest BCUT2D eigenvalue weighted by molar-refractivity contribution is 0.444. The molecule has 4 nitrogen and oxygen atoms in total. The number of aromatic nitrogens is 1. The maximum Gasteiger partial charge on any atom is 0.176 e. The molecule has 0 N–H and O–H groups in total. The largest absolute Gasteiger partial charge is 0.453 e. The van der Waals surface area contributed by atoms with Gasteiger partial charge >= 0.3 is 0 Å². The highest BCUT2D eigenvalue weighted by atomic mass is 16.5. The third-order valence-corrected chi connectivity index (χ3v) is 10.8. The second-order valence-corrected chi connectivity index (χ2v) is 13.7. The van der Waals surface area contributed by atoms with Gasteiger partial charge in [-0.3, -0.25) is 4.57 Å². The molecule has 232 valence electrons. The van der Waals surface area contributed by atoms with Gasteiger partial charge in [-0.25, -0.2) is 0 Å². The smallest absolute Gasteiger partial charge is 0.176 e. The highest BCUT2D eigenvalue weighted by molar-refractivity contribution is 6.17. The molecule has 1 aliphatic carbocycles. The Labute approximate surface area is 284 Å². The fourth-order valence-corrected chi connectivity index (χ4v) is 8.62. The van der Waals surface area contributed by atoms with Gasteiger partial charge < -0.3 is 14.4 Å². The lowest BCUT2D eigenvalue weighted by Gasteiger charge is -2.33. The molecular weight excluding hydrogens is 601 g/mol. The van der Waals surface area contributed by atoms with Crippen LogP contribution in [0, 0.1) is 0 Å². The predicted octanol–water partition coefficient (Wildman–Crippen LogP) is 12.4. The van der Waals surface area contributed by atoms with Crippen molar-refractivity contribution in [2.75, 3.05) is 4.90 Å². The van der Waals surface area contributed by atoms with Crippen LogP contribution < -0.4 is 14.4 Å². The number of anilines is 3. The first-order chi connectivity index (χ1) is 24.1. The molecule has 0 atom stereocenters. The van der Waals surface area contributed by atoms with Gasteiger partial charge in [-0.05, 0) is 64.7 Å². The molecule has 8 aromatic rings. The van der Waals surface area contributed by atoms with E-state index >= 15 is 0 Å². The van der Waals surface area contributed by atoms with Crippen LogP contribution in [0.1, 0.15) is 25.0 Å². The highest BCUT2D eigenvalue weighted by Crippen LogP contribution is 2.60. The summed E-state index contributed by atoms with van der Waals surface area (Å²) in [5.74, 6) is 3.28. The molecule has 4 heteroatoms. The van der Waals surface area contributed by atoms with Crippen molar-refractivity contribution < 1.29 is 9.47 Å². The molecule has 11 rings (SSSR count). The Morgan fingerprint density at radius 3 is 2.02 bits per heavy atom. The molecule has 0 bridgehead atoms. The number of fused-ring (bicyclic) bond motifs is 4. The van der Waals surface area contributed by atoms with E-state index in [-0.39, 0.29) is 5.41 Å². The van der Waals surface area contributed by atoms with Crippen LogP contribution in [0.5, 0.6) is 23.0 Å². The van der Waals surface area contributed by atoms with E-state index in [0.29, 0.717) is 0 Å². The van der Waals surface area contributed by atoms with Crippen LogP contribution in [0.25, 0.3) is 49.7 Å². The zero-order valence-corrected chi connectivity index (χ0v) is 27.1. The van der Waals surface area contributed by atoms with Gasteiger partial charge in [-0.1, -0.05) is 117 Å². The second kappa shape index (κ2) is 9.42. The normalized spacial score (nSPS) is 14.0. The first-order valence-electron chi connectivity index (χ1n) is 16.9. The van der Waals surface area contributed by atoms with E-state index in [2.05, 4.69) is 157 Å². The quantitative estimate of drug-likeness (QED) is 0.194. The van der Waals surface area contributed by atoms with E-state index < -0.39 is 0 Å². The SMILES string of the molecule is CC1(C)c2ccccc2-c2c(N(c3ccccc3-c3ccccc3)c3ccc4c5cccc6c5n5c4c3Oc3cccc(c3-5)O6)cccc21. The average Bonchev–Trinajstić information content (AvgIpc) is 3.61. The minimum absolute atomic E-state index is 0.142. The van der Waals surface area contributed by atoms with Gasteiger partial charge in [0.25, 0.3) is 0 Å². The van der Waals surface area contributed by atoms with E-state index in [4.69, 9.17) is 9.47 Å². The molecule has 49 heavy (non-hydrogen) atoms. The molecule has 3 heterocycles. The van der Waals surface area contributed by atoms with Crippen molar-refractivity contribution in [1.82, 2.24) is 4.57 Å². The number of hydrogen-bond acceptors (Lipinski definition) is 3. The van der Waals surface area contributed by atoms with Crippen molar-refractivity contribution >= 4 is 38.9 Å². The van der Waals surface area contributed by atoms with E-state index in [9.17, 15) is 0 Å². The number of hydrogen-bond donors (Lipinski definition) is 0. The molecule has 3 aliphatic rings. The Balaban J connectivity index is 1.28. The van der Waals surface area contributed by atoms with Crippen LogP contribution in [-0.4, -0.2) is 4.57 Å². The summed E-state index contributed by atoms with van der Waals surface area (Å²) in [5, 5.41) is 2.29. The molecule has 2 aliphatic heterocycles. The molecule has 0 amide bonds. The summed E-state index contributed by atoms with van der Waals surface area (Å²) >= 11 is 0. The lowest BCUT2D eigenvalue weighted by atomic mass is 9.82. The van der Waals surface area contributed by atoms with Gasteiger partial charge in [0, 0.05) is 27.3 Å². The van der Waals surface area contributed by atoms with E-state index in [1.165, 1.54) is 22.3 Å². The summed E-state index contributed by atoms with van der Waals surface area (Å²) in [6.07, 6.45) is 0. The minimum Gasteiger partial charge on any atom is -0.453 e. The fourth-order valence-electron chi connectivity index (χ4n) is 8.62. The first kappa shape index (κ1) is 26.8. The van der Waals surface area contributed by atoms with Crippen molar-refractivity contribution in [3.63, 3.8) is 0 Å². The predicted molar refractivity (Wildman–Crippen MR) is 199 cm³/mol. The molecule has 0 fully saturated rings. The Morgan fingerprint density at radius 2 is 1.14 bits per heavy atom. The Morgan fingerprint density at radius 1 is 0.490 bits per heavy atom. The van der Waals surface area contributed by atoms with E-state index in [1.807, 2.05) is 12.1 Å². The third kappa shape index (κ3) is 3.42. The number of ether oxygens (including phenoxy) is 2. The molecule has 7 aromatic carbocycles. The van der Waals surface area contributed by atoms with Crippen molar-refractivity contribution in [3.05, 3.63) is 157 Å². The van der Waals surface area contributed by atoms with Gasteiger partial charge in [0.05, 0.1) is 28.1 Å². The number of rotatable bonds is 4. The van der Waals surface area contributed by atoms with Gasteiger partial charge in [0.2, 0.25) is 0 Å². The lowest BCUT2D eigenvalue weighted by Crippen LogP contribution is -2.17. The molecule has 1 aromatic heterocycles. The molecule has 0 unspecified atom stereocenters. The number of benzene rings is 7. The highest BCUT2D eigenvalue weighted by Gasteiger charge is 2.39. The number of nitrogens with zero attached hydrogens (tertiary/aromatic N) is 2. The second-order valence-electron chi connectivity index (χ2n) is 13.7. The van der Waals surface area contributed by atoms with Crippen LogP contribution in [0.4, 0.5) is 17.1 Å². The summed E-state index contributed by atoms with van der Waals surface area (Å²) < 4.78 is 15.9. The summed E-state index contributed by atoms with van der Waals surface area (Å²) in [4.78, 5) is 2.44. The zero-order valence-electron chi connectivity index (χ0n) is 27.1. The van der Waals surface area contributed by atoms with E-state index in [0.717, 1.165) is 78.7 Å². The third-order valence-electron chi connectivity index (χ3n) is 10.8. The summed E-state index contributed by atoms with van der Waals surface area (Å²) in [7, 11) is 0. The van der Waals surface area contributed by atoms with Gasteiger partial charge in [0.1, 0.15) is 5.69 Å². The Bertz CT molecular complexity index is 2700. The minimum atomic E-state index is -0.142. The molecular formula is C45H30N2O2. The standard InChI is InChI=1S/C45H30N2O2/c1-45(2)32-18-8-6-16-31(32)40-33(45)19-11-21-35(40)46(34-20-9-7-15-28(34)27-13-4-3-5-14-27)36-26-25-30-29-17-10-22-37-41(29)47-42(30)44(36)49-39-24-12-23-38(48-37)43(39)47/h3-26H,1-2H3. The van der Waals surface area contributed by atoms with Crippen LogP contribution in [0.3, 0.4) is 0 Å². The average molecular weight is 631 g/mol. The zero-order chi connectivity index (χ0) is 32.4. The molecule has 0 saturated carbocycles. The van der Waals surface area contributed by atoms with Crippen LogP contribution >= 0.6 is 0 Å². The fraction of sp³-hybridized carbons (Fsp3) is 0.0667. The molecule has 0 radical (unpaired) electrons. The van der Waals surface area contributed by atoms with Crippen molar-refractivity contribution in [2.24, 2.45) is 0 Å². The monoisotopic (exact) mass is 630 g/mol. The van der Waals surface area contributed by atoms with Crippen molar-refractivity contribution in [2.45, 2.75) is 19.3 Å². The Kier molecular flexibility index (Phi) is 5.15. The van der Waals surface area contributed by atoms with Gasteiger partial charge in [0.15, 0.2) is 23.0 Å². The van der Waals surface area contributed by atoms with E-state index in [1.54, 1.807) is 0 Å². The molecule has 0 saturated heterocycles. The summed E-state index contributed by atoms with van der Waals surface area (Å²) in [6.45, 7) is 4.68. The van der Waals surface area contributed by atoms with Crippen LogP contribution in [-0.2, 0) is 5.41 Å².